The molecule has 12 heavy (non-hydrogen) atoms. The zero-order chi connectivity index (χ0) is 9.56. The van der Waals surface area contributed by atoms with Gasteiger partial charge >= 0.3 is 0 Å². The predicted molar refractivity (Wildman–Crippen MR) is 50.8 cm³/mol. The summed E-state index contributed by atoms with van der Waals surface area (Å²) >= 11 is 10.6. The van der Waals surface area contributed by atoms with Crippen LogP contribution in [0.5, 0.6) is 0 Å². The summed E-state index contributed by atoms with van der Waals surface area (Å²) in [4.78, 5) is 14.2. The van der Waals surface area contributed by atoms with Crippen LogP contribution < -0.4 is 0 Å². The minimum Gasteiger partial charge on any atom is -0.275 e. The van der Waals surface area contributed by atoms with E-state index >= 15 is 0 Å². The lowest BCUT2D eigenvalue weighted by Crippen LogP contribution is -1.90. The van der Waals surface area contributed by atoms with E-state index in [0.717, 1.165) is 0 Å². The van der Waals surface area contributed by atoms with Crippen LogP contribution in [-0.2, 0) is 0 Å². The largest absolute Gasteiger partial charge is 0.275 e. The number of hydrogen-bond donors (Lipinski definition) is 0. The molecular weight excluding hydrogens is 197 g/mol. The third kappa shape index (κ3) is 3.20. The van der Waals surface area contributed by atoms with Gasteiger partial charge in [0.25, 0.3) is 5.24 Å². The molecule has 0 fully saturated rings. The maximum absolute atomic E-state index is 10.5. The highest BCUT2D eigenvalue weighted by Gasteiger charge is 2.05. The van der Waals surface area contributed by atoms with E-state index in [1.54, 1.807) is 6.07 Å². The van der Waals surface area contributed by atoms with E-state index in [2.05, 4.69) is 4.98 Å². The first kappa shape index (κ1) is 11.4. The first-order valence-electron chi connectivity index (χ1n) is 3.52. The summed E-state index contributed by atoms with van der Waals surface area (Å²) < 4.78 is 0. The van der Waals surface area contributed by atoms with Gasteiger partial charge in [-0.05, 0) is 23.7 Å². The molecule has 0 saturated heterocycles. The van der Waals surface area contributed by atoms with E-state index in [4.69, 9.17) is 23.2 Å². The lowest BCUT2D eigenvalue weighted by Gasteiger charge is -1.92. The zero-order valence-electron chi connectivity index (χ0n) is 6.84. The number of halogens is 2. The molecule has 0 N–H and O–H groups in total. The number of nitrogens with zero attached hydrogens (tertiary/aromatic N) is 1. The Kier molecular flexibility index (Phi) is 5.68. The highest BCUT2D eigenvalue weighted by atomic mass is 35.5. The zero-order valence-corrected chi connectivity index (χ0v) is 8.36. The molecule has 1 rings (SSSR count). The molecule has 0 amide bonds. The molecule has 0 saturated carbocycles. The van der Waals surface area contributed by atoms with Crippen molar-refractivity contribution in [2.75, 3.05) is 0 Å². The predicted octanol–water partition coefficient (Wildman–Crippen LogP) is 3.14. The van der Waals surface area contributed by atoms with Crippen molar-refractivity contribution < 1.29 is 4.79 Å². The molecule has 0 aliphatic rings. The summed E-state index contributed by atoms with van der Waals surface area (Å²) in [6, 6.07) is 3.12. The third-order valence-electron chi connectivity index (χ3n) is 0.971. The average Bonchev–Trinajstić information content (AvgIpc) is 2.08. The smallest absolute Gasteiger partial charge is 0.255 e. The molecule has 66 valence electrons. The average molecular weight is 206 g/mol. The second-order valence-electron chi connectivity index (χ2n) is 1.62. The Morgan fingerprint density at radius 1 is 1.50 bits per heavy atom. The standard InChI is InChI=1S/C6H3Cl2NO.C2H6/c7-5-4(6(8)10)2-1-3-9-5;1-2/h1-3H;1-2H3. The van der Waals surface area contributed by atoms with Crippen LogP contribution in [0.4, 0.5) is 0 Å². The topological polar surface area (TPSA) is 30.0 Å². The van der Waals surface area contributed by atoms with E-state index in [1.165, 1.54) is 12.3 Å². The Labute approximate surface area is 81.5 Å². The van der Waals surface area contributed by atoms with Crippen LogP contribution in [0.25, 0.3) is 0 Å². The van der Waals surface area contributed by atoms with E-state index in [9.17, 15) is 4.79 Å². The number of carbonyl (C=O) groups excluding carboxylic acids is 1. The van der Waals surface area contributed by atoms with Crippen LogP contribution in [-0.4, -0.2) is 10.2 Å². The maximum atomic E-state index is 10.5. The molecule has 0 spiro atoms. The van der Waals surface area contributed by atoms with E-state index in [0.29, 0.717) is 0 Å². The SMILES string of the molecule is CC.O=C(Cl)c1cccnc1Cl. The molecule has 2 nitrogen and oxygen atoms in total. The van der Waals surface area contributed by atoms with Crippen molar-refractivity contribution in [2.24, 2.45) is 0 Å². The molecule has 0 atom stereocenters. The first-order valence-corrected chi connectivity index (χ1v) is 4.28. The number of pyridine rings is 1. The van der Waals surface area contributed by atoms with Gasteiger partial charge in [0.2, 0.25) is 0 Å². The molecular formula is C8H9Cl2NO. The summed E-state index contributed by atoms with van der Waals surface area (Å²) in [6.07, 6.45) is 1.49. The van der Waals surface area contributed by atoms with Crippen molar-refractivity contribution in [1.29, 1.82) is 0 Å². The molecule has 0 radical (unpaired) electrons. The van der Waals surface area contributed by atoms with Crippen molar-refractivity contribution >= 4 is 28.4 Å². The third-order valence-corrected chi connectivity index (χ3v) is 1.48. The fourth-order valence-corrected chi connectivity index (χ4v) is 0.939. The van der Waals surface area contributed by atoms with Crippen molar-refractivity contribution in [3.05, 3.63) is 29.0 Å². The van der Waals surface area contributed by atoms with Gasteiger partial charge in [-0.25, -0.2) is 4.98 Å². The van der Waals surface area contributed by atoms with Gasteiger partial charge in [0.1, 0.15) is 5.15 Å². The van der Waals surface area contributed by atoms with Gasteiger partial charge in [0, 0.05) is 6.20 Å². The number of hydrogen-bond acceptors (Lipinski definition) is 2. The van der Waals surface area contributed by atoms with Gasteiger partial charge in [0.05, 0.1) is 5.56 Å². The Morgan fingerprint density at radius 3 is 2.42 bits per heavy atom. The summed E-state index contributed by atoms with van der Waals surface area (Å²) in [7, 11) is 0. The number of aromatic nitrogens is 1. The lowest BCUT2D eigenvalue weighted by atomic mass is 10.3. The van der Waals surface area contributed by atoms with Crippen molar-refractivity contribution in [1.82, 2.24) is 4.98 Å². The van der Waals surface area contributed by atoms with Crippen molar-refractivity contribution in [3.8, 4) is 0 Å². The van der Waals surface area contributed by atoms with Gasteiger partial charge in [-0.1, -0.05) is 25.4 Å². The lowest BCUT2D eigenvalue weighted by molar-refractivity contribution is 0.108. The van der Waals surface area contributed by atoms with Gasteiger partial charge in [-0.3, -0.25) is 4.79 Å². The van der Waals surface area contributed by atoms with E-state index in [1.807, 2.05) is 13.8 Å². The molecule has 4 heteroatoms. The summed E-state index contributed by atoms with van der Waals surface area (Å²) in [5.41, 5.74) is 0.242. The molecule has 0 bridgehead atoms. The van der Waals surface area contributed by atoms with Crippen LogP contribution in [0.15, 0.2) is 18.3 Å². The molecule has 0 aliphatic carbocycles. The fourth-order valence-electron chi connectivity index (χ4n) is 0.533. The Hall–Kier alpha value is -0.600. The minimum absolute atomic E-state index is 0.141. The first-order chi connectivity index (χ1) is 5.72. The van der Waals surface area contributed by atoms with Crippen LogP contribution in [0.1, 0.15) is 24.2 Å². The van der Waals surface area contributed by atoms with Crippen molar-refractivity contribution in [3.63, 3.8) is 0 Å². The van der Waals surface area contributed by atoms with Crippen molar-refractivity contribution in [2.45, 2.75) is 13.8 Å². The monoisotopic (exact) mass is 205 g/mol. The normalized spacial score (nSPS) is 8.33. The molecule has 0 aliphatic heterocycles. The van der Waals surface area contributed by atoms with E-state index < -0.39 is 5.24 Å². The van der Waals surface area contributed by atoms with Crippen LogP contribution >= 0.6 is 23.2 Å². The van der Waals surface area contributed by atoms with Gasteiger partial charge < -0.3 is 0 Å². The second kappa shape index (κ2) is 5.98. The second-order valence-corrected chi connectivity index (χ2v) is 2.32. The van der Waals surface area contributed by atoms with Crippen LogP contribution in [0, 0.1) is 0 Å². The Balaban J connectivity index is 0.000000561. The van der Waals surface area contributed by atoms with Gasteiger partial charge in [-0.2, -0.15) is 0 Å². The van der Waals surface area contributed by atoms with Gasteiger partial charge in [0.15, 0.2) is 0 Å². The molecule has 1 aromatic heterocycles. The molecule has 1 heterocycles. The Bertz CT molecular complexity index is 263. The quantitative estimate of drug-likeness (QED) is 0.521. The summed E-state index contributed by atoms with van der Waals surface area (Å²) in [6.45, 7) is 4.00. The number of carbonyl (C=O) groups is 1. The summed E-state index contributed by atoms with van der Waals surface area (Å²) in [5.74, 6) is 0. The summed E-state index contributed by atoms with van der Waals surface area (Å²) in [5, 5.41) is -0.444. The Morgan fingerprint density at radius 2 is 2.08 bits per heavy atom. The van der Waals surface area contributed by atoms with Gasteiger partial charge in [-0.15, -0.1) is 0 Å². The van der Waals surface area contributed by atoms with Crippen LogP contribution in [0.3, 0.4) is 0 Å². The maximum Gasteiger partial charge on any atom is 0.255 e. The fraction of sp³-hybridized carbons (Fsp3) is 0.250. The minimum atomic E-state index is -0.585. The molecule has 0 unspecified atom stereocenters. The van der Waals surface area contributed by atoms with E-state index in [-0.39, 0.29) is 10.7 Å². The molecule has 1 aromatic rings. The highest BCUT2D eigenvalue weighted by molar-refractivity contribution is 6.68. The highest BCUT2D eigenvalue weighted by Crippen LogP contribution is 2.13. The molecule has 0 aromatic carbocycles. The van der Waals surface area contributed by atoms with Crippen LogP contribution in [0.2, 0.25) is 5.15 Å². The number of rotatable bonds is 1.